The second kappa shape index (κ2) is 3.42. The van der Waals surface area contributed by atoms with Gasteiger partial charge in [0.25, 0.3) is 0 Å². The molecule has 0 radical (unpaired) electrons. The minimum Gasteiger partial charge on any atom is -0.255 e. The van der Waals surface area contributed by atoms with E-state index in [1.165, 1.54) is 0 Å². The lowest BCUT2D eigenvalue weighted by Gasteiger charge is -2.03. The molecule has 13 heavy (non-hydrogen) atoms. The van der Waals surface area contributed by atoms with E-state index in [0.717, 1.165) is 25.1 Å². The van der Waals surface area contributed by atoms with Gasteiger partial charge in [-0.15, -0.1) is 0 Å². The lowest BCUT2D eigenvalue weighted by molar-refractivity contribution is 1.37. The molecule has 1 aromatic carbocycles. The van der Waals surface area contributed by atoms with E-state index in [4.69, 9.17) is 11.6 Å². The van der Waals surface area contributed by atoms with E-state index >= 15 is 0 Å². The van der Waals surface area contributed by atoms with Crippen molar-refractivity contribution in [2.24, 2.45) is 0 Å². The normalized spacial score (nSPS) is 10.7. The van der Waals surface area contributed by atoms with E-state index in [-0.39, 0.29) is 0 Å². The zero-order valence-corrected chi connectivity index (χ0v) is 9.93. The first kappa shape index (κ1) is 9.21. The van der Waals surface area contributed by atoms with Gasteiger partial charge in [-0.2, -0.15) is 0 Å². The molecule has 3 heteroatoms. The fraction of sp³-hybridized carbons (Fsp3) is 0.100. The molecule has 0 N–H and O–H groups in total. The summed E-state index contributed by atoms with van der Waals surface area (Å²) >= 11 is 8.26. The molecule has 1 aromatic heterocycles. The van der Waals surface area contributed by atoms with Gasteiger partial charge in [0.1, 0.15) is 0 Å². The highest BCUT2D eigenvalue weighted by Crippen LogP contribution is 2.24. The second-order valence-electron chi connectivity index (χ2n) is 2.89. The number of nitrogens with zero attached hydrogens (tertiary/aromatic N) is 1. The Hall–Kier alpha value is -0.350. The van der Waals surface area contributed by atoms with Crippen molar-refractivity contribution in [3.8, 4) is 0 Å². The minimum atomic E-state index is 0.802. The summed E-state index contributed by atoms with van der Waals surface area (Å²) < 4.78 is 1.13. The van der Waals surface area contributed by atoms with Gasteiger partial charge in [0.2, 0.25) is 0 Å². The summed E-state index contributed by atoms with van der Waals surface area (Å²) in [4.78, 5) is 4.32. The van der Waals surface area contributed by atoms with Crippen LogP contribution in [-0.2, 0) is 0 Å². The molecule has 2 aromatic rings. The monoisotopic (exact) mass is 303 g/mol. The predicted molar refractivity (Wildman–Crippen MR) is 64.2 cm³/mol. The summed E-state index contributed by atoms with van der Waals surface area (Å²) in [6.07, 6.45) is 1.86. The fourth-order valence-electron chi connectivity index (χ4n) is 1.29. The molecule has 0 aliphatic rings. The van der Waals surface area contributed by atoms with Gasteiger partial charge in [0.05, 0.1) is 5.52 Å². The number of hydrogen-bond acceptors (Lipinski definition) is 1. The van der Waals surface area contributed by atoms with Crippen LogP contribution in [0.2, 0.25) is 5.02 Å². The Labute approximate surface area is 95.3 Å². The van der Waals surface area contributed by atoms with Gasteiger partial charge >= 0.3 is 0 Å². The van der Waals surface area contributed by atoms with Crippen LogP contribution in [0.5, 0.6) is 0 Å². The zero-order valence-electron chi connectivity index (χ0n) is 7.01. The molecule has 0 amide bonds. The van der Waals surface area contributed by atoms with Gasteiger partial charge in [-0.1, -0.05) is 11.6 Å². The van der Waals surface area contributed by atoms with Crippen LogP contribution in [0.25, 0.3) is 10.9 Å². The lowest BCUT2D eigenvalue weighted by atomic mass is 10.1. The standard InChI is InChI=1S/C10H7ClIN/c1-6-8-4-7(12)5-13-10(8)3-2-9(6)11/h2-5H,1H3. The highest BCUT2D eigenvalue weighted by Gasteiger charge is 2.02. The molecule has 0 fully saturated rings. The summed E-state index contributed by atoms with van der Waals surface area (Å²) in [5, 5.41) is 1.94. The Morgan fingerprint density at radius 2 is 2.15 bits per heavy atom. The molecule has 0 saturated carbocycles. The zero-order chi connectivity index (χ0) is 9.42. The van der Waals surface area contributed by atoms with Crippen molar-refractivity contribution in [2.75, 3.05) is 0 Å². The average Bonchev–Trinajstić information content (AvgIpc) is 2.12. The van der Waals surface area contributed by atoms with E-state index < -0.39 is 0 Å². The van der Waals surface area contributed by atoms with Crippen molar-refractivity contribution >= 4 is 45.1 Å². The Kier molecular flexibility index (Phi) is 2.43. The Morgan fingerprint density at radius 3 is 2.92 bits per heavy atom. The van der Waals surface area contributed by atoms with Gasteiger partial charge in [0, 0.05) is 20.2 Å². The van der Waals surface area contributed by atoms with Crippen LogP contribution >= 0.6 is 34.2 Å². The second-order valence-corrected chi connectivity index (χ2v) is 4.55. The van der Waals surface area contributed by atoms with E-state index in [1.807, 2.05) is 25.3 Å². The highest BCUT2D eigenvalue weighted by atomic mass is 127. The molecule has 66 valence electrons. The highest BCUT2D eigenvalue weighted by molar-refractivity contribution is 14.1. The van der Waals surface area contributed by atoms with E-state index in [0.29, 0.717) is 0 Å². The number of aromatic nitrogens is 1. The number of fused-ring (bicyclic) bond motifs is 1. The van der Waals surface area contributed by atoms with Crippen molar-refractivity contribution < 1.29 is 0 Å². The largest absolute Gasteiger partial charge is 0.255 e. The van der Waals surface area contributed by atoms with E-state index in [9.17, 15) is 0 Å². The van der Waals surface area contributed by atoms with Gasteiger partial charge < -0.3 is 0 Å². The topological polar surface area (TPSA) is 12.9 Å². The lowest BCUT2D eigenvalue weighted by Crippen LogP contribution is -1.84. The van der Waals surface area contributed by atoms with Crippen LogP contribution in [0.15, 0.2) is 24.4 Å². The summed E-state index contributed by atoms with van der Waals surface area (Å²) in [5.41, 5.74) is 2.10. The number of hydrogen-bond donors (Lipinski definition) is 0. The third kappa shape index (κ3) is 1.65. The van der Waals surface area contributed by atoms with E-state index in [2.05, 4.69) is 33.6 Å². The molecule has 0 aliphatic carbocycles. The summed E-state index contributed by atoms with van der Waals surface area (Å²) in [6.45, 7) is 2.02. The Morgan fingerprint density at radius 1 is 1.38 bits per heavy atom. The van der Waals surface area contributed by atoms with Crippen LogP contribution < -0.4 is 0 Å². The predicted octanol–water partition coefficient (Wildman–Crippen LogP) is 3.80. The molecule has 0 spiro atoms. The molecular formula is C10H7ClIN. The SMILES string of the molecule is Cc1c(Cl)ccc2ncc(I)cc12. The number of halogens is 2. The number of aryl methyl sites for hydroxylation is 1. The molecule has 0 unspecified atom stereocenters. The maximum absolute atomic E-state index is 6.01. The van der Waals surface area contributed by atoms with E-state index in [1.54, 1.807) is 0 Å². The van der Waals surface area contributed by atoms with Crippen LogP contribution in [0, 0.1) is 10.5 Å². The number of rotatable bonds is 0. The smallest absolute Gasteiger partial charge is 0.0706 e. The maximum atomic E-state index is 6.01. The van der Waals surface area contributed by atoms with Gasteiger partial charge in [-0.05, 0) is 53.3 Å². The Balaban J connectivity index is 2.89. The third-order valence-electron chi connectivity index (χ3n) is 2.03. The Bertz CT molecular complexity index is 462. The van der Waals surface area contributed by atoms with Gasteiger partial charge in [0.15, 0.2) is 0 Å². The molecule has 0 atom stereocenters. The molecular weight excluding hydrogens is 296 g/mol. The fourth-order valence-corrected chi connectivity index (χ4v) is 1.90. The first-order chi connectivity index (χ1) is 6.18. The van der Waals surface area contributed by atoms with Crippen molar-refractivity contribution in [2.45, 2.75) is 6.92 Å². The first-order valence-corrected chi connectivity index (χ1v) is 5.34. The average molecular weight is 304 g/mol. The van der Waals surface area contributed by atoms with Crippen LogP contribution in [0.4, 0.5) is 0 Å². The molecule has 0 saturated heterocycles. The maximum Gasteiger partial charge on any atom is 0.0706 e. The van der Waals surface area contributed by atoms with Crippen LogP contribution in [0.1, 0.15) is 5.56 Å². The summed E-state index contributed by atoms with van der Waals surface area (Å²) in [5.74, 6) is 0. The number of benzene rings is 1. The first-order valence-electron chi connectivity index (χ1n) is 3.89. The minimum absolute atomic E-state index is 0.802. The van der Waals surface area contributed by atoms with Gasteiger partial charge in [-0.25, -0.2) is 0 Å². The summed E-state index contributed by atoms with van der Waals surface area (Å²) in [7, 11) is 0. The quantitative estimate of drug-likeness (QED) is 0.675. The van der Waals surface area contributed by atoms with Gasteiger partial charge in [-0.3, -0.25) is 4.98 Å². The molecule has 1 heterocycles. The molecule has 0 aliphatic heterocycles. The van der Waals surface area contributed by atoms with Crippen molar-refractivity contribution in [1.82, 2.24) is 4.98 Å². The number of pyridine rings is 1. The van der Waals surface area contributed by atoms with Crippen molar-refractivity contribution in [3.05, 3.63) is 38.6 Å². The van der Waals surface area contributed by atoms with Crippen molar-refractivity contribution in [3.63, 3.8) is 0 Å². The van der Waals surface area contributed by atoms with Crippen LogP contribution in [-0.4, -0.2) is 4.98 Å². The molecule has 1 nitrogen and oxygen atoms in total. The van der Waals surface area contributed by atoms with Crippen LogP contribution in [0.3, 0.4) is 0 Å². The third-order valence-corrected chi connectivity index (χ3v) is 3.03. The van der Waals surface area contributed by atoms with Crippen molar-refractivity contribution in [1.29, 1.82) is 0 Å². The molecule has 0 bridgehead atoms. The summed E-state index contributed by atoms with van der Waals surface area (Å²) in [6, 6.07) is 5.93. The molecule has 2 rings (SSSR count).